The van der Waals surface area contributed by atoms with Crippen LogP contribution >= 0.6 is 0 Å². The predicted molar refractivity (Wildman–Crippen MR) is 60.3 cm³/mol. The van der Waals surface area contributed by atoms with Crippen molar-refractivity contribution in [2.24, 2.45) is 5.73 Å². The van der Waals surface area contributed by atoms with Gasteiger partial charge in [-0.05, 0) is 42.4 Å². The highest BCUT2D eigenvalue weighted by Crippen LogP contribution is 2.45. The molecule has 0 radical (unpaired) electrons. The average Bonchev–Trinajstić information content (AvgIpc) is 2.96. The molecule has 2 N–H and O–H groups in total. The molecule has 1 aliphatic carbocycles. The van der Waals surface area contributed by atoms with E-state index < -0.39 is 0 Å². The van der Waals surface area contributed by atoms with E-state index in [0.29, 0.717) is 0 Å². The monoisotopic (exact) mass is 189 g/mol. The molecule has 1 aromatic rings. The largest absolute Gasteiger partial charge is 0.321 e. The van der Waals surface area contributed by atoms with E-state index in [2.05, 4.69) is 32.0 Å². The number of aryl methyl sites for hydroxylation is 2. The van der Waals surface area contributed by atoms with E-state index in [9.17, 15) is 0 Å². The second-order valence-electron chi connectivity index (χ2n) is 4.31. The fourth-order valence-corrected chi connectivity index (χ4v) is 2.27. The quantitative estimate of drug-likeness (QED) is 0.777. The molecule has 2 rings (SSSR count). The predicted octanol–water partition coefficient (Wildman–Crippen LogP) is 2.76. The number of hydrogen-bond acceptors (Lipinski definition) is 1. The van der Waals surface area contributed by atoms with Crippen molar-refractivity contribution >= 4 is 0 Å². The van der Waals surface area contributed by atoms with Gasteiger partial charge in [-0.1, -0.05) is 32.0 Å². The lowest BCUT2D eigenvalue weighted by atomic mass is 9.91. The third kappa shape index (κ3) is 1.46. The summed E-state index contributed by atoms with van der Waals surface area (Å²) in [6.07, 6.45) is 4.53. The van der Waals surface area contributed by atoms with Gasteiger partial charge in [-0.2, -0.15) is 0 Å². The second kappa shape index (κ2) is 3.39. The van der Waals surface area contributed by atoms with Crippen molar-refractivity contribution < 1.29 is 0 Å². The second-order valence-corrected chi connectivity index (χ2v) is 4.31. The Hall–Kier alpha value is -0.820. The minimum atomic E-state index is 0.0257. The zero-order valence-corrected chi connectivity index (χ0v) is 9.14. The van der Waals surface area contributed by atoms with Gasteiger partial charge in [0.05, 0.1) is 0 Å². The van der Waals surface area contributed by atoms with E-state index in [0.717, 1.165) is 25.7 Å². The van der Waals surface area contributed by atoms with Crippen molar-refractivity contribution in [2.75, 3.05) is 0 Å². The van der Waals surface area contributed by atoms with Crippen molar-refractivity contribution in [1.82, 2.24) is 0 Å². The molecule has 0 atom stereocenters. The molecule has 1 nitrogen and oxygen atoms in total. The molecule has 14 heavy (non-hydrogen) atoms. The Bertz CT molecular complexity index is 315. The minimum absolute atomic E-state index is 0.0257. The van der Waals surface area contributed by atoms with Gasteiger partial charge < -0.3 is 5.73 Å². The van der Waals surface area contributed by atoms with E-state index in [4.69, 9.17) is 5.73 Å². The summed E-state index contributed by atoms with van der Waals surface area (Å²) in [5.41, 5.74) is 10.7. The molecule has 0 spiro atoms. The van der Waals surface area contributed by atoms with Gasteiger partial charge in [0.15, 0.2) is 0 Å². The lowest BCUT2D eigenvalue weighted by molar-refractivity contribution is 0.714. The van der Waals surface area contributed by atoms with Gasteiger partial charge in [0, 0.05) is 5.54 Å². The Labute approximate surface area is 86.3 Å². The molecule has 1 heteroatoms. The van der Waals surface area contributed by atoms with Crippen molar-refractivity contribution in [3.05, 3.63) is 34.9 Å². The molecule has 0 amide bonds. The van der Waals surface area contributed by atoms with Crippen LogP contribution in [0.1, 0.15) is 43.4 Å². The summed E-state index contributed by atoms with van der Waals surface area (Å²) in [6.45, 7) is 4.42. The summed E-state index contributed by atoms with van der Waals surface area (Å²) < 4.78 is 0. The van der Waals surface area contributed by atoms with E-state index in [-0.39, 0.29) is 5.54 Å². The number of benzene rings is 1. The van der Waals surface area contributed by atoms with Crippen LogP contribution < -0.4 is 5.73 Å². The first-order valence-corrected chi connectivity index (χ1v) is 5.61. The van der Waals surface area contributed by atoms with Gasteiger partial charge in [-0.3, -0.25) is 0 Å². The molecule has 0 heterocycles. The van der Waals surface area contributed by atoms with Gasteiger partial charge in [0.2, 0.25) is 0 Å². The summed E-state index contributed by atoms with van der Waals surface area (Å²) in [4.78, 5) is 0. The van der Waals surface area contributed by atoms with Gasteiger partial charge in [-0.25, -0.2) is 0 Å². The van der Waals surface area contributed by atoms with E-state index >= 15 is 0 Å². The lowest BCUT2D eigenvalue weighted by Crippen LogP contribution is -2.22. The highest BCUT2D eigenvalue weighted by atomic mass is 14.8. The lowest BCUT2D eigenvalue weighted by Gasteiger charge is -2.18. The van der Waals surface area contributed by atoms with Crippen LogP contribution in [0.15, 0.2) is 18.2 Å². The molecular formula is C13H19N. The number of rotatable bonds is 3. The van der Waals surface area contributed by atoms with Crippen LogP contribution in [-0.4, -0.2) is 0 Å². The first kappa shape index (κ1) is 9.72. The topological polar surface area (TPSA) is 26.0 Å². The van der Waals surface area contributed by atoms with Crippen LogP contribution in [0.3, 0.4) is 0 Å². The fourth-order valence-electron chi connectivity index (χ4n) is 2.27. The van der Waals surface area contributed by atoms with E-state index in [1.807, 2.05) is 0 Å². The Morgan fingerprint density at radius 1 is 1.14 bits per heavy atom. The van der Waals surface area contributed by atoms with E-state index in [1.54, 1.807) is 0 Å². The van der Waals surface area contributed by atoms with Gasteiger partial charge in [-0.15, -0.1) is 0 Å². The van der Waals surface area contributed by atoms with Crippen molar-refractivity contribution in [2.45, 2.75) is 45.1 Å². The molecule has 1 aliphatic rings. The summed E-state index contributed by atoms with van der Waals surface area (Å²) >= 11 is 0. The van der Waals surface area contributed by atoms with Crippen LogP contribution in [0.25, 0.3) is 0 Å². The van der Waals surface area contributed by atoms with Crippen molar-refractivity contribution in [3.8, 4) is 0 Å². The maximum Gasteiger partial charge on any atom is 0.0416 e. The molecule has 1 aromatic carbocycles. The zero-order chi connectivity index (χ0) is 10.2. The van der Waals surface area contributed by atoms with Gasteiger partial charge in [0.25, 0.3) is 0 Å². The summed E-state index contributed by atoms with van der Waals surface area (Å²) in [5.74, 6) is 0. The summed E-state index contributed by atoms with van der Waals surface area (Å²) in [5, 5.41) is 0. The van der Waals surface area contributed by atoms with Crippen LogP contribution in [0.4, 0.5) is 0 Å². The Morgan fingerprint density at radius 3 is 2.00 bits per heavy atom. The smallest absolute Gasteiger partial charge is 0.0416 e. The molecule has 76 valence electrons. The first-order chi connectivity index (χ1) is 6.71. The maximum absolute atomic E-state index is 6.32. The molecule has 1 saturated carbocycles. The standard InChI is InChI=1S/C13H19N/c1-3-10-6-5-7-11(4-2)12(10)13(14)8-9-13/h5-7H,3-4,8-9,14H2,1-2H3. The molecule has 0 aliphatic heterocycles. The first-order valence-electron chi connectivity index (χ1n) is 5.61. The Kier molecular flexibility index (Phi) is 2.36. The fraction of sp³-hybridized carbons (Fsp3) is 0.538. The summed E-state index contributed by atoms with van der Waals surface area (Å²) in [7, 11) is 0. The van der Waals surface area contributed by atoms with Crippen LogP contribution in [0.5, 0.6) is 0 Å². The van der Waals surface area contributed by atoms with Crippen LogP contribution in [0, 0.1) is 0 Å². The van der Waals surface area contributed by atoms with Crippen molar-refractivity contribution in [3.63, 3.8) is 0 Å². The average molecular weight is 189 g/mol. The number of nitrogens with two attached hydrogens (primary N) is 1. The van der Waals surface area contributed by atoms with Gasteiger partial charge >= 0.3 is 0 Å². The molecule has 0 bridgehead atoms. The minimum Gasteiger partial charge on any atom is -0.321 e. The SMILES string of the molecule is CCc1cccc(CC)c1C1(N)CC1. The highest BCUT2D eigenvalue weighted by molar-refractivity contribution is 5.43. The number of hydrogen-bond donors (Lipinski definition) is 1. The van der Waals surface area contributed by atoms with E-state index in [1.165, 1.54) is 16.7 Å². The molecule has 1 fully saturated rings. The van der Waals surface area contributed by atoms with Crippen molar-refractivity contribution in [1.29, 1.82) is 0 Å². The normalized spacial score (nSPS) is 18.2. The molecular weight excluding hydrogens is 170 g/mol. The zero-order valence-electron chi connectivity index (χ0n) is 9.14. The highest BCUT2D eigenvalue weighted by Gasteiger charge is 2.42. The molecule has 0 saturated heterocycles. The Morgan fingerprint density at radius 2 is 1.64 bits per heavy atom. The van der Waals surface area contributed by atoms with Gasteiger partial charge in [0.1, 0.15) is 0 Å². The third-order valence-electron chi connectivity index (χ3n) is 3.29. The molecule has 0 aromatic heterocycles. The molecule has 0 unspecified atom stereocenters. The third-order valence-corrected chi connectivity index (χ3v) is 3.29. The summed E-state index contributed by atoms with van der Waals surface area (Å²) in [6, 6.07) is 6.61. The Balaban J connectivity index is 2.52. The van der Waals surface area contributed by atoms with Crippen LogP contribution in [0.2, 0.25) is 0 Å². The van der Waals surface area contributed by atoms with Crippen LogP contribution in [-0.2, 0) is 18.4 Å². The maximum atomic E-state index is 6.32.